The first-order valence-corrected chi connectivity index (χ1v) is 6.68. The summed E-state index contributed by atoms with van der Waals surface area (Å²) in [7, 11) is 0. The van der Waals surface area contributed by atoms with Crippen molar-refractivity contribution in [2.45, 2.75) is 39.3 Å². The molecule has 0 radical (unpaired) electrons. The van der Waals surface area contributed by atoms with E-state index in [1.165, 1.54) is 6.07 Å². The van der Waals surface area contributed by atoms with Crippen LogP contribution in [0.1, 0.15) is 49.4 Å². The first kappa shape index (κ1) is 13.8. The van der Waals surface area contributed by atoms with Gasteiger partial charge in [0, 0.05) is 6.04 Å². The van der Waals surface area contributed by atoms with E-state index in [4.69, 9.17) is 4.42 Å². The zero-order chi connectivity index (χ0) is 13.8. The van der Waals surface area contributed by atoms with Crippen molar-refractivity contribution in [2.24, 2.45) is 0 Å². The predicted molar refractivity (Wildman–Crippen MR) is 74.4 cm³/mol. The summed E-state index contributed by atoms with van der Waals surface area (Å²) in [6, 6.07) is 10.9. The molecule has 19 heavy (non-hydrogen) atoms. The molecule has 3 heteroatoms. The SMILES string of the molecule is CCC(NC(C)c1ccc(C)o1)c1cccc(F)c1. The van der Waals surface area contributed by atoms with Gasteiger partial charge in [-0.2, -0.15) is 0 Å². The van der Waals surface area contributed by atoms with E-state index >= 15 is 0 Å². The van der Waals surface area contributed by atoms with Gasteiger partial charge in [0.1, 0.15) is 17.3 Å². The third-order valence-electron chi connectivity index (χ3n) is 3.30. The lowest BCUT2D eigenvalue weighted by atomic mass is 10.0. The van der Waals surface area contributed by atoms with Crippen LogP contribution in [0.4, 0.5) is 4.39 Å². The lowest BCUT2D eigenvalue weighted by Gasteiger charge is -2.21. The Kier molecular flexibility index (Phi) is 4.38. The number of hydrogen-bond donors (Lipinski definition) is 1. The number of halogens is 1. The molecule has 0 aliphatic carbocycles. The molecule has 0 fully saturated rings. The van der Waals surface area contributed by atoms with Crippen molar-refractivity contribution >= 4 is 0 Å². The topological polar surface area (TPSA) is 25.2 Å². The summed E-state index contributed by atoms with van der Waals surface area (Å²) < 4.78 is 18.9. The van der Waals surface area contributed by atoms with E-state index in [0.29, 0.717) is 0 Å². The first-order chi connectivity index (χ1) is 9.10. The quantitative estimate of drug-likeness (QED) is 0.855. The molecule has 1 aromatic heterocycles. The standard InChI is InChI=1S/C16H20FNO/c1-4-15(13-6-5-7-14(17)10-13)18-12(3)16-9-8-11(2)19-16/h5-10,12,15,18H,4H2,1-3H3. The van der Waals surface area contributed by atoms with E-state index in [-0.39, 0.29) is 17.9 Å². The molecule has 0 saturated carbocycles. The Balaban J connectivity index is 2.11. The molecule has 2 rings (SSSR count). The van der Waals surface area contributed by atoms with E-state index < -0.39 is 0 Å². The Morgan fingerprint density at radius 1 is 1.26 bits per heavy atom. The Morgan fingerprint density at radius 2 is 2.05 bits per heavy atom. The summed E-state index contributed by atoms with van der Waals surface area (Å²) in [5.41, 5.74) is 0.970. The number of benzene rings is 1. The van der Waals surface area contributed by atoms with Gasteiger partial charge in [-0.05, 0) is 50.1 Å². The fourth-order valence-corrected chi connectivity index (χ4v) is 2.24. The van der Waals surface area contributed by atoms with Gasteiger partial charge in [0.05, 0.1) is 6.04 Å². The maximum absolute atomic E-state index is 13.3. The van der Waals surface area contributed by atoms with E-state index in [9.17, 15) is 4.39 Å². The molecule has 1 aromatic carbocycles. The second-order valence-electron chi connectivity index (χ2n) is 4.85. The average Bonchev–Trinajstić information content (AvgIpc) is 2.82. The van der Waals surface area contributed by atoms with Crippen LogP contribution in [-0.4, -0.2) is 0 Å². The minimum absolute atomic E-state index is 0.0990. The van der Waals surface area contributed by atoms with Gasteiger partial charge in [0.15, 0.2) is 0 Å². The molecular weight excluding hydrogens is 241 g/mol. The first-order valence-electron chi connectivity index (χ1n) is 6.68. The highest BCUT2D eigenvalue weighted by molar-refractivity contribution is 5.21. The molecule has 2 atom stereocenters. The summed E-state index contributed by atoms with van der Waals surface area (Å²) in [5, 5.41) is 3.48. The Bertz CT molecular complexity index is 535. The molecule has 2 unspecified atom stereocenters. The lowest BCUT2D eigenvalue weighted by Crippen LogP contribution is -2.24. The molecule has 1 heterocycles. The maximum atomic E-state index is 13.3. The second-order valence-corrected chi connectivity index (χ2v) is 4.85. The van der Waals surface area contributed by atoms with Crippen LogP contribution >= 0.6 is 0 Å². The zero-order valence-electron chi connectivity index (χ0n) is 11.6. The number of rotatable bonds is 5. The summed E-state index contributed by atoms with van der Waals surface area (Å²) in [6.45, 7) is 6.07. The molecule has 0 bridgehead atoms. The van der Waals surface area contributed by atoms with Crippen LogP contribution in [0.25, 0.3) is 0 Å². The van der Waals surface area contributed by atoms with Crippen LogP contribution in [0.15, 0.2) is 40.8 Å². The van der Waals surface area contributed by atoms with Crippen molar-refractivity contribution in [1.82, 2.24) is 5.32 Å². The van der Waals surface area contributed by atoms with Gasteiger partial charge in [-0.15, -0.1) is 0 Å². The third kappa shape index (κ3) is 3.44. The van der Waals surface area contributed by atoms with Gasteiger partial charge in [0.2, 0.25) is 0 Å². The Hall–Kier alpha value is -1.61. The van der Waals surface area contributed by atoms with Crippen LogP contribution in [0.2, 0.25) is 0 Å². The smallest absolute Gasteiger partial charge is 0.123 e. The van der Waals surface area contributed by atoms with Gasteiger partial charge in [0.25, 0.3) is 0 Å². The van der Waals surface area contributed by atoms with Gasteiger partial charge in [-0.3, -0.25) is 0 Å². The molecule has 1 N–H and O–H groups in total. The fraction of sp³-hybridized carbons (Fsp3) is 0.375. The lowest BCUT2D eigenvalue weighted by molar-refractivity contribution is 0.378. The van der Waals surface area contributed by atoms with Crippen LogP contribution in [0, 0.1) is 12.7 Å². The summed E-state index contributed by atoms with van der Waals surface area (Å²) in [5.74, 6) is 1.62. The van der Waals surface area contributed by atoms with Crippen molar-refractivity contribution < 1.29 is 8.81 Å². The van der Waals surface area contributed by atoms with Crippen LogP contribution < -0.4 is 5.32 Å². The van der Waals surface area contributed by atoms with E-state index in [2.05, 4.69) is 19.2 Å². The average molecular weight is 261 g/mol. The van der Waals surface area contributed by atoms with Crippen molar-refractivity contribution in [1.29, 1.82) is 0 Å². The molecule has 0 aliphatic heterocycles. The molecule has 0 spiro atoms. The number of nitrogens with one attached hydrogen (secondary N) is 1. The molecule has 0 saturated heterocycles. The predicted octanol–water partition coefficient (Wildman–Crippen LogP) is 4.53. The molecule has 0 aliphatic rings. The summed E-state index contributed by atoms with van der Waals surface area (Å²) >= 11 is 0. The van der Waals surface area contributed by atoms with Crippen molar-refractivity contribution in [3.05, 3.63) is 59.3 Å². The normalized spacial score (nSPS) is 14.3. The van der Waals surface area contributed by atoms with Gasteiger partial charge >= 0.3 is 0 Å². The third-order valence-corrected chi connectivity index (χ3v) is 3.30. The number of aryl methyl sites for hydroxylation is 1. The highest BCUT2D eigenvalue weighted by Crippen LogP contribution is 2.23. The van der Waals surface area contributed by atoms with Gasteiger partial charge < -0.3 is 9.73 Å². The maximum Gasteiger partial charge on any atom is 0.123 e. The van der Waals surface area contributed by atoms with E-state index in [1.54, 1.807) is 12.1 Å². The summed E-state index contributed by atoms with van der Waals surface area (Å²) in [6.07, 6.45) is 0.896. The van der Waals surface area contributed by atoms with E-state index in [0.717, 1.165) is 23.5 Å². The zero-order valence-corrected chi connectivity index (χ0v) is 11.6. The van der Waals surface area contributed by atoms with Crippen LogP contribution in [0.5, 0.6) is 0 Å². The molecule has 102 valence electrons. The number of hydrogen-bond acceptors (Lipinski definition) is 2. The molecule has 2 nitrogen and oxygen atoms in total. The molecule has 0 amide bonds. The highest BCUT2D eigenvalue weighted by Gasteiger charge is 2.16. The minimum Gasteiger partial charge on any atom is -0.465 e. The summed E-state index contributed by atoms with van der Waals surface area (Å²) in [4.78, 5) is 0. The van der Waals surface area contributed by atoms with Crippen LogP contribution in [0.3, 0.4) is 0 Å². The molecular formula is C16H20FNO. The second kappa shape index (κ2) is 6.02. The van der Waals surface area contributed by atoms with Crippen molar-refractivity contribution in [2.75, 3.05) is 0 Å². The highest BCUT2D eigenvalue weighted by atomic mass is 19.1. The van der Waals surface area contributed by atoms with Crippen LogP contribution in [-0.2, 0) is 0 Å². The molecule has 2 aromatic rings. The van der Waals surface area contributed by atoms with Gasteiger partial charge in [-0.25, -0.2) is 4.39 Å². The largest absolute Gasteiger partial charge is 0.465 e. The fourth-order valence-electron chi connectivity index (χ4n) is 2.24. The van der Waals surface area contributed by atoms with Crippen molar-refractivity contribution in [3.8, 4) is 0 Å². The Morgan fingerprint density at radius 3 is 2.63 bits per heavy atom. The monoisotopic (exact) mass is 261 g/mol. The van der Waals surface area contributed by atoms with Crippen molar-refractivity contribution in [3.63, 3.8) is 0 Å². The number of furan rings is 1. The van der Waals surface area contributed by atoms with E-state index in [1.807, 2.05) is 25.1 Å². The minimum atomic E-state index is -0.195. The Labute approximate surface area is 113 Å². The van der Waals surface area contributed by atoms with Gasteiger partial charge in [-0.1, -0.05) is 19.1 Å².